The molecule has 7 nitrogen and oxygen atoms in total. The minimum Gasteiger partial charge on any atom is -0.366 e. The summed E-state index contributed by atoms with van der Waals surface area (Å²) in [7, 11) is 2.15. The highest BCUT2D eigenvalue weighted by Crippen LogP contribution is 2.34. The molecule has 0 spiro atoms. The number of benzene rings is 1. The van der Waals surface area contributed by atoms with Gasteiger partial charge in [0.25, 0.3) is 0 Å². The summed E-state index contributed by atoms with van der Waals surface area (Å²) in [6.45, 7) is 8.06. The van der Waals surface area contributed by atoms with Crippen LogP contribution in [0.2, 0.25) is 0 Å². The Bertz CT molecular complexity index is 1330. The molecule has 5 rings (SSSR count). The molecule has 33 heavy (non-hydrogen) atoms. The molecule has 0 saturated carbocycles. The van der Waals surface area contributed by atoms with Crippen molar-refractivity contribution in [2.75, 3.05) is 38.1 Å². The highest BCUT2D eigenvalue weighted by molar-refractivity contribution is 5.99. The molecule has 4 aromatic rings. The maximum Gasteiger partial charge on any atom is 0.248 e. The van der Waals surface area contributed by atoms with Gasteiger partial charge in [-0.3, -0.25) is 4.79 Å². The molecule has 1 fully saturated rings. The van der Waals surface area contributed by atoms with Gasteiger partial charge in [-0.15, -0.1) is 0 Å². The Morgan fingerprint density at radius 1 is 0.939 bits per heavy atom. The smallest absolute Gasteiger partial charge is 0.248 e. The minimum atomic E-state index is -0.405. The van der Waals surface area contributed by atoms with Crippen molar-refractivity contribution in [3.63, 3.8) is 0 Å². The summed E-state index contributed by atoms with van der Waals surface area (Å²) in [4.78, 5) is 29.0. The molecule has 1 aliphatic rings. The van der Waals surface area contributed by atoms with Gasteiger partial charge in [0.1, 0.15) is 11.5 Å². The van der Waals surface area contributed by atoms with E-state index in [1.54, 1.807) is 6.07 Å². The van der Waals surface area contributed by atoms with Gasteiger partial charge >= 0.3 is 0 Å². The Labute approximate surface area is 193 Å². The first-order chi connectivity index (χ1) is 15.9. The third kappa shape index (κ3) is 3.85. The van der Waals surface area contributed by atoms with E-state index < -0.39 is 5.91 Å². The number of carbonyl (C=O) groups is 1. The number of hydrogen-bond acceptors (Lipinski definition) is 5. The number of fused-ring (bicyclic) bond motifs is 1. The van der Waals surface area contributed by atoms with E-state index in [0.717, 1.165) is 76.4 Å². The first-order valence-electron chi connectivity index (χ1n) is 11.2. The largest absolute Gasteiger partial charge is 0.366 e. The number of primary amides is 1. The van der Waals surface area contributed by atoms with Gasteiger partial charge in [-0.1, -0.05) is 6.07 Å². The lowest BCUT2D eigenvalue weighted by atomic mass is 9.93. The van der Waals surface area contributed by atoms with E-state index in [1.807, 2.05) is 38.5 Å². The molecule has 168 valence electrons. The van der Waals surface area contributed by atoms with Crippen LogP contribution < -0.4 is 10.6 Å². The number of aromatic nitrogens is 3. The fourth-order valence-electron chi connectivity index (χ4n) is 4.54. The van der Waals surface area contributed by atoms with Crippen molar-refractivity contribution in [1.29, 1.82) is 0 Å². The Kier molecular flexibility index (Phi) is 5.34. The summed E-state index contributed by atoms with van der Waals surface area (Å²) in [6, 6.07) is 10.1. The van der Waals surface area contributed by atoms with Gasteiger partial charge in [-0.05, 0) is 61.9 Å². The average molecular weight is 441 g/mol. The normalized spacial score (nSPS) is 14.7. The number of nitrogens with two attached hydrogens (primary N) is 1. The molecule has 3 N–H and O–H groups in total. The number of amides is 1. The van der Waals surface area contributed by atoms with Crippen LogP contribution in [0, 0.1) is 13.8 Å². The zero-order chi connectivity index (χ0) is 23.1. The summed E-state index contributed by atoms with van der Waals surface area (Å²) in [5.74, 6) is 0.612. The summed E-state index contributed by atoms with van der Waals surface area (Å²) in [5, 5.41) is 1.03. The quantitative estimate of drug-likeness (QED) is 0.504. The molecule has 0 unspecified atom stereocenters. The van der Waals surface area contributed by atoms with Crippen molar-refractivity contribution in [2.24, 2.45) is 5.73 Å². The first kappa shape index (κ1) is 21.2. The second-order valence-electron chi connectivity index (χ2n) is 8.79. The van der Waals surface area contributed by atoms with Crippen LogP contribution in [0.25, 0.3) is 33.3 Å². The predicted octanol–water partition coefficient (Wildman–Crippen LogP) is 3.76. The third-order valence-corrected chi connectivity index (χ3v) is 6.78. The topological polar surface area (TPSA) is 91.1 Å². The molecule has 1 aliphatic heterocycles. The van der Waals surface area contributed by atoms with Crippen molar-refractivity contribution in [3.8, 4) is 22.3 Å². The van der Waals surface area contributed by atoms with Crippen molar-refractivity contribution in [3.05, 3.63) is 65.6 Å². The number of pyridine rings is 2. The molecule has 1 saturated heterocycles. The summed E-state index contributed by atoms with van der Waals surface area (Å²) < 4.78 is 0. The van der Waals surface area contributed by atoms with Crippen molar-refractivity contribution in [1.82, 2.24) is 19.9 Å². The van der Waals surface area contributed by atoms with Gasteiger partial charge in [-0.2, -0.15) is 0 Å². The number of hydrogen-bond donors (Lipinski definition) is 2. The van der Waals surface area contributed by atoms with Crippen LogP contribution in [0.1, 0.15) is 21.5 Å². The highest BCUT2D eigenvalue weighted by atomic mass is 16.1. The van der Waals surface area contributed by atoms with E-state index >= 15 is 0 Å². The third-order valence-electron chi connectivity index (χ3n) is 6.78. The lowest BCUT2D eigenvalue weighted by molar-refractivity contribution is 0.0999. The van der Waals surface area contributed by atoms with E-state index in [9.17, 15) is 4.79 Å². The van der Waals surface area contributed by atoms with Gasteiger partial charge in [0, 0.05) is 72.4 Å². The second kappa shape index (κ2) is 8.33. The summed E-state index contributed by atoms with van der Waals surface area (Å²) in [5.41, 5.74) is 13.0. The van der Waals surface area contributed by atoms with Gasteiger partial charge in [0.15, 0.2) is 0 Å². The van der Waals surface area contributed by atoms with Gasteiger partial charge in [0.05, 0.1) is 0 Å². The Balaban J connectivity index is 1.49. The van der Waals surface area contributed by atoms with Gasteiger partial charge in [0.2, 0.25) is 5.91 Å². The van der Waals surface area contributed by atoms with E-state index in [4.69, 9.17) is 10.7 Å². The first-order valence-corrected chi connectivity index (χ1v) is 11.2. The molecular formula is C26H28N6O. The molecular weight excluding hydrogens is 412 g/mol. The number of carbonyl (C=O) groups excluding carboxylic acids is 1. The van der Waals surface area contributed by atoms with Crippen molar-refractivity contribution < 1.29 is 4.79 Å². The zero-order valence-corrected chi connectivity index (χ0v) is 19.2. The molecule has 0 aliphatic carbocycles. The molecule has 0 radical (unpaired) electrons. The Morgan fingerprint density at radius 2 is 1.70 bits per heavy atom. The van der Waals surface area contributed by atoms with Crippen LogP contribution in [-0.2, 0) is 0 Å². The number of likely N-dealkylation sites (N-methyl/N-ethyl adjacent to an activating group) is 1. The Hall–Kier alpha value is -3.71. The predicted molar refractivity (Wildman–Crippen MR) is 132 cm³/mol. The molecule has 0 bridgehead atoms. The number of anilines is 1. The van der Waals surface area contributed by atoms with Crippen LogP contribution in [0.5, 0.6) is 0 Å². The molecule has 4 heterocycles. The second-order valence-corrected chi connectivity index (χ2v) is 8.79. The Morgan fingerprint density at radius 3 is 2.39 bits per heavy atom. The number of H-pyrrole nitrogens is 1. The van der Waals surface area contributed by atoms with E-state index in [0.29, 0.717) is 5.56 Å². The van der Waals surface area contributed by atoms with Crippen LogP contribution >= 0.6 is 0 Å². The summed E-state index contributed by atoms with van der Waals surface area (Å²) in [6.07, 6.45) is 5.78. The fourth-order valence-corrected chi connectivity index (χ4v) is 4.54. The fraction of sp³-hybridized carbons (Fsp3) is 0.269. The average Bonchev–Trinajstić information content (AvgIpc) is 3.24. The number of nitrogens with one attached hydrogen (secondary N) is 1. The maximum atomic E-state index is 11.7. The van der Waals surface area contributed by atoms with Gasteiger partial charge < -0.3 is 20.5 Å². The molecule has 1 aromatic carbocycles. The van der Waals surface area contributed by atoms with Crippen LogP contribution in [-0.4, -0.2) is 59.0 Å². The van der Waals surface area contributed by atoms with Crippen molar-refractivity contribution >= 4 is 22.8 Å². The van der Waals surface area contributed by atoms with Crippen LogP contribution in [0.4, 0.5) is 5.82 Å². The standard InChI is InChI=1S/C26H28N6O/c1-16-17(2)21(25(27)33)6-5-20(16)23-15-30-26-22(23)12-19(14-29-26)18-4-7-24(28-13-18)32-10-8-31(3)9-11-32/h4-7,12-15H,8-11H2,1-3H3,(H2,27,33)(H,29,30). The number of rotatable bonds is 4. The van der Waals surface area contributed by atoms with E-state index in [2.05, 4.69) is 45.0 Å². The number of piperazine rings is 1. The maximum absolute atomic E-state index is 11.7. The SMILES string of the molecule is Cc1c(C(N)=O)ccc(-c2c[nH]c3ncc(-c4ccc(N5CCN(C)CC5)nc4)cc23)c1C. The number of aromatic amines is 1. The van der Waals surface area contributed by atoms with E-state index in [-0.39, 0.29) is 0 Å². The zero-order valence-electron chi connectivity index (χ0n) is 19.2. The highest BCUT2D eigenvalue weighted by Gasteiger charge is 2.17. The molecule has 1 amide bonds. The van der Waals surface area contributed by atoms with E-state index in [1.165, 1.54) is 0 Å². The summed E-state index contributed by atoms with van der Waals surface area (Å²) >= 11 is 0. The lowest BCUT2D eigenvalue weighted by Crippen LogP contribution is -2.44. The van der Waals surface area contributed by atoms with Crippen LogP contribution in [0.3, 0.4) is 0 Å². The molecule has 3 aromatic heterocycles. The lowest BCUT2D eigenvalue weighted by Gasteiger charge is -2.33. The minimum absolute atomic E-state index is 0.405. The van der Waals surface area contributed by atoms with Crippen LogP contribution in [0.15, 0.2) is 48.9 Å². The molecule has 0 atom stereocenters. The van der Waals surface area contributed by atoms with Gasteiger partial charge in [-0.25, -0.2) is 9.97 Å². The molecule has 7 heteroatoms. The number of nitrogens with zero attached hydrogens (tertiary/aromatic N) is 4. The monoisotopic (exact) mass is 440 g/mol. The van der Waals surface area contributed by atoms with Crippen molar-refractivity contribution in [2.45, 2.75) is 13.8 Å².